The topological polar surface area (TPSA) is 18.5 Å². The van der Waals surface area contributed by atoms with Crippen LogP contribution in [-0.4, -0.2) is 13.2 Å². The second kappa shape index (κ2) is 6.95. The molecule has 0 N–H and O–H groups in total. The summed E-state index contributed by atoms with van der Waals surface area (Å²) in [5, 5.41) is 15.1. The van der Waals surface area contributed by atoms with Gasteiger partial charge in [0.05, 0.1) is 13.2 Å². The molecule has 9 rings (SSSR count). The van der Waals surface area contributed by atoms with E-state index in [4.69, 9.17) is 9.47 Å². The van der Waals surface area contributed by atoms with Crippen molar-refractivity contribution < 1.29 is 9.47 Å². The summed E-state index contributed by atoms with van der Waals surface area (Å²) in [5.74, 6) is -0.968. The molecule has 0 atom stereocenters. The van der Waals surface area contributed by atoms with Crippen molar-refractivity contribution >= 4 is 64.6 Å². The molecule has 0 saturated carbocycles. The second-order valence-electron chi connectivity index (χ2n) is 10.3. The van der Waals surface area contributed by atoms with E-state index >= 15 is 0 Å². The van der Waals surface area contributed by atoms with Gasteiger partial charge in [-0.05, 0) is 64.6 Å². The van der Waals surface area contributed by atoms with Gasteiger partial charge < -0.3 is 9.47 Å². The molecule has 1 aliphatic rings. The first kappa shape index (κ1) is 19.9. The van der Waals surface area contributed by atoms with Crippen LogP contribution in [0.2, 0.25) is 0 Å². The standard InChI is InChI=1S/C35H22O2/c1-3-21-7-9-25-13-17-29(27-15-11-23(5-1)31(21)33(25)27)35(36-19-20-37-35)30-18-14-26-10-8-22-4-2-6-24-12-16-28(30)34(26)32(22)24/h1-18H,19-20H2. The van der Waals surface area contributed by atoms with E-state index in [0.717, 1.165) is 11.1 Å². The second-order valence-corrected chi connectivity index (χ2v) is 10.3. The molecule has 0 aromatic heterocycles. The van der Waals surface area contributed by atoms with Crippen molar-refractivity contribution in [2.75, 3.05) is 13.2 Å². The molecule has 1 saturated heterocycles. The highest BCUT2D eigenvalue weighted by atomic mass is 16.7. The van der Waals surface area contributed by atoms with Crippen LogP contribution in [-0.2, 0) is 15.3 Å². The molecule has 0 unspecified atom stereocenters. The van der Waals surface area contributed by atoms with Gasteiger partial charge in [0.2, 0.25) is 5.79 Å². The largest absolute Gasteiger partial charge is 0.340 e. The van der Waals surface area contributed by atoms with Crippen LogP contribution in [0.5, 0.6) is 0 Å². The molecule has 1 fully saturated rings. The van der Waals surface area contributed by atoms with Crippen molar-refractivity contribution in [3.63, 3.8) is 0 Å². The number of hydrogen-bond donors (Lipinski definition) is 0. The summed E-state index contributed by atoms with van der Waals surface area (Å²) in [6.07, 6.45) is 0. The fraction of sp³-hybridized carbons (Fsp3) is 0.0857. The summed E-state index contributed by atoms with van der Waals surface area (Å²) in [5.41, 5.74) is 2.15. The minimum Gasteiger partial charge on any atom is -0.340 e. The quantitative estimate of drug-likeness (QED) is 0.233. The van der Waals surface area contributed by atoms with Gasteiger partial charge in [0, 0.05) is 11.1 Å². The van der Waals surface area contributed by atoms with Crippen molar-refractivity contribution in [2.45, 2.75) is 5.79 Å². The molecular formula is C35H22O2. The Morgan fingerprint density at radius 3 is 1.16 bits per heavy atom. The van der Waals surface area contributed by atoms with E-state index in [1.807, 2.05) is 0 Å². The highest BCUT2D eigenvalue weighted by molar-refractivity contribution is 6.25. The Bertz CT molecular complexity index is 1970. The first-order chi connectivity index (χ1) is 18.3. The van der Waals surface area contributed by atoms with Gasteiger partial charge in [0.25, 0.3) is 0 Å². The Kier molecular flexibility index (Phi) is 3.74. The number of rotatable bonds is 2. The van der Waals surface area contributed by atoms with Crippen molar-refractivity contribution in [3.05, 3.63) is 120 Å². The maximum Gasteiger partial charge on any atom is 0.223 e. The molecule has 2 heteroatoms. The summed E-state index contributed by atoms with van der Waals surface area (Å²) < 4.78 is 13.3. The predicted octanol–water partition coefficient (Wildman–Crippen LogP) is 8.73. The van der Waals surface area contributed by atoms with Gasteiger partial charge in [-0.3, -0.25) is 0 Å². The Labute approximate surface area is 213 Å². The highest BCUT2D eigenvalue weighted by Crippen LogP contribution is 2.48. The van der Waals surface area contributed by atoms with E-state index in [2.05, 4.69) is 109 Å². The van der Waals surface area contributed by atoms with Crippen LogP contribution in [0.3, 0.4) is 0 Å². The third kappa shape index (κ3) is 2.47. The molecular weight excluding hydrogens is 452 g/mol. The van der Waals surface area contributed by atoms with Crippen molar-refractivity contribution in [3.8, 4) is 0 Å². The summed E-state index contributed by atoms with van der Waals surface area (Å²) in [7, 11) is 0. The van der Waals surface area contributed by atoms with Crippen molar-refractivity contribution in [2.24, 2.45) is 0 Å². The van der Waals surface area contributed by atoms with Crippen LogP contribution in [0, 0.1) is 0 Å². The summed E-state index contributed by atoms with van der Waals surface area (Å²) in [4.78, 5) is 0. The molecule has 0 spiro atoms. The smallest absolute Gasteiger partial charge is 0.223 e. The zero-order valence-corrected chi connectivity index (χ0v) is 20.1. The molecule has 0 amide bonds. The van der Waals surface area contributed by atoms with E-state index in [1.165, 1.54) is 64.6 Å². The lowest BCUT2D eigenvalue weighted by molar-refractivity contribution is -0.127. The van der Waals surface area contributed by atoms with Gasteiger partial charge in [-0.25, -0.2) is 0 Å². The van der Waals surface area contributed by atoms with Crippen LogP contribution in [0.1, 0.15) is 11.1 Å². The molecule has 0 radical (unpaired) electrons. The van der Waals surface area contributed by atoms with Crippen molar-refractivity contribution in [1.29, 1.82) is 0 Å². The fourth-order valence-corrected chi connectivity index (χ4v) is 6.91. The maximum absolute atomic E-state index is 6.67. The van der Waals surface area contributed by atoms with E-state index in [1.54, 1.807) is 0 Å². The van der Waals surface area contributed by atoms with Gasteiger partial charge >= 0.3 is 0 Å². The zero-order chi connectivity index (χ0) is 24.1. The summed E-state index contributed by atoms with van der Waals surface area (Å²) in [6, 6.07) is 39.9. The summed E-state index contributed by atoms with van der Waals surface area (Å²) in [6.45, 7) is 1.12. The molecule has 174 valence electrons. The maximum atomic E-state index is 6.67. The monoisotopic (exact) mass is 474 g/mol. The van der Waals surface area contributed by atoms with Crippen molar-refractivity contribution in [1.82, 2.24) is 0 Å². The lowest BCUT2D eigenvalue weighted by atomic mass is 9.84. The Morgan fingerprint density at radius 1 is 0.378 bits per heavy atom. The lowest BCUT2D eigenvalue weighted by Crippen LogP contribution is -2.29. The Morgan fingerprint density at radius 2 is 0.730 bits per heavy atom. The Hall–Kier alpha value is -4.24. The zero-order valence-electron chi connectivity index (χ0n) is 20.1. The first-order valence-corrected chi connectivity index (χ1v) is 12.9. The number of benzene rings is 8. The first-order valence-electron chi connectivity index (χ1n) is 12.9. The van der Waals surface area contributed by atoms with Gasteiger partial charge in [0.15, 0.2) is 0 Å². The van der Waals surface area contributed by atoms with Gasteiger partial charge in [-0.1, -0.05) is 109 Å². The van der Waals surface area contributed by atoms with Crippen LogP contribution in [0.25, 0.3) is 64.6 Å². The SMILES string of the molecule is c1cc2ccc3ccc(C4(c5ccc6ccc7cccc8ccc5c6c78)OCCO4)c4ccc(c1)c2c34. The lowest BCUT2D eigenvalue weighted by Gasteiger charge is -2.32. The number of hydrogen-bond acceptors (Lipinski definition) is 2. The van der Waals surface area contributed by atoms with Crippen LogP contribution in [0.4, 0.5) is 0 Å². The van der Waals surface area contributed by atoms with Gasteiger partial charge in [-0.15, -0.1) is 0 Å². The van der Waals surface area contributed by atoms with E-state index in [0.29, 0.717) is 13.2 Å². The third-order valence-corrected chi connectivity index (χ3v) is 8.46. The highest BCUT2D eigenvalue weighted by Gasteiger charge is 2.43. The average molecular weight is 475 g/mol. The van der Waals surface area contributed by atoms with Crippen LogP contribution in [0.15, 0.2) is 109 Å². The Balaban J connectivity index is 1.42. The molecule has 0 aliphatic carbocycles. The third-order valence-electron chi connectivity index (χ3n) is 8.46. The fourth-order valence-electron chi connectivity index (χ4n) is 6.91. The molecule has 1 heterocycles. The van der Waals surface area contributed by atoms with Gasteiger partial charge in [0.1, 0.15) is 0 Å². The van der Waals surface area contributed by atoms with E-state index in [-0.39, 0.29) is 0 Å². The summed E-state index contributed by atoms with van der Waals surface area (Å²) >= 11 is 0. The molecule has 0 bridgehead atoms. The normalized spacial score (nSPS) is 15.9. The molecule has 37 heavy (non-hydrogen) atoms. The van der Waals surface area contributed by atoms with Gasteiger partial charge in [-0.2, -0.15) is 0 Å². The molecule has 8 aromatic carbocycles. The number of ether oxygens (including phenoxy) is 2. The molecule has 2 nitrogen and oxygen atoms in total. The molecule has 1 aliphatic heterocycles. The average Bonchev–Trinajstić information content (AvgIpc) is 3.45. The molecule has 8 aromatic rings. The minimum absolute atomic E-state index is 0.559. The predicted molar refractivity (Wildman–Crippen MR) is 153 cm³/mol. The van der Waals surface area contributed by atoms with Crippen LogP contribution >= 0.6 is 0 Å². The van der Waals surface area contributed by atoms with E-state index < -0.39 is 5.79 Å². The minimum atomic E-state index is -0.968. The van der Waals surface area contributed by atoms with E-state index in [9.17, 15) is 0 Å². The van der Waals surface area contributed by atoms with Crippen LogP contribution < -0.4 is 0 Å².